The maximum atomic E-state index is 11.5. The van der Waals surface area contributed by atoms with Gasteiger partial charge in [-0.05, 0) is 39.7 Å². The molecule has 0 aromatic heterocycles. The molecule has 0 atom stereocenters. The van der Waals surface area contributed by atoms with E-state index in [-0.39, 0.29) is 12.2 Å². The predicted octanol–water partition coefficient (Wildman–Crippen LogP) is 3.95. The van der Waals surface area contributed by atoms with Crippen LogP contribution in [0.3, 0.4) is 0 Å². The number of carboxylic acid groups (broad SMARTS) is 1. The van der Waals surface area contributed by atoms with Crippen molar-refractivity contribution in [3.8, 4) is 0 Å². The summed E-state index contributed by atoms with van der Waals surface area (Å²) in [4.78, 5) is 11.5. The molecule has 4 nitrogen and oxygen atoms in total. The summed E-state index contributed by atoms with van der Waals surface area (Å²) in [7, 11) is -2.53. The van der Waals surface area contributed by atoms with Crippen LogP contribution < -0.4 is 10.4 Å². The van der Waals surface area contributed by atoms with Gasteiger partial charge in [-0.15, -0.1) is 0 Å². The average Bonchev–Trinajstić information content (AvgIpc) is 2.80. The molecule has 2 N–H and O–H groups in total. The van der Waals surface area contributed by atoms with Crippen LogP contribution >= 0.6 is 0 Å². The number of carboxylic acids is 1. The highest BCUT2D eigenvalue weighted by Gasteiger charge is 2.39. The molecule has 0 heterocycles. The fraction of sp³-hybridized carbons (Fsp3) is 0.240. The lowest BCUT2D eigenvalue weighted by atomic mass is 10.1. The second kappa shape index (κ2) is 10.3. The Labute approximate surface area is 178 Å². The third-order valence-corrected chi connectivity index (χ3v) is 9.56. The van der Waals surface area contributed by atoms with Gasteiger partial charge in [0.15, 0.2) is 0 Å². The highest BCUT2D eigenvalue weighted by molar-refractivity contribution is 6.97. The molecule has 0 bridgehead atoms. The largest absolute Gasteiger partial charge is 0.478 e. The van der Waals surface area contributed by atoms with E-state index in [1.807, 2.05) is 42.5 Å². The van der Waals surface area contributed by atoms with Gasteiger partial charge >= 0.3 is 5.97 Å². The monoisotopic (exact) mass is 420 g/mol. The van der Waals surface area contributed by atoms with Gasteiger partial charge in [-0.25, -0.2) is 4.79 Å². The molecule has 5 heteroatoms. The first-order chi connectivity index (χ1) is 14.6. The molecule has 3 aromatic carbocycles. The molecule has 0 unspecified atom stereocenters. The first-order valence-corrected chi connectivity index (χ1v) is 12.4. The Morgan fingerprint density at radius 3 is 1.97 bits per heavy atom. The van der Waals surface area contributed by atoms with E-state index in [2.05, 4.69) is 31.2 Å². The smallest absolute Gasteiger partial charge is 0.335 e. The molecule has 0 spiro atoms. The van der Waals surface area contributed by atoms with Crippen molar-refractivity contribution in [2.24, 2.45) is 0 Å². The van der Waals surface area contributed by atoms with Crippen LogP contribution in [0.1, 0.15) is 41.3 Å². The quantitative estimate of drug-likeness (QED) is 0.487. The molecule has 0 amide bonds. The molecule has 0 fully saturated rings. The Morgan fingerprint density at radius 1 is 0.900 bits per heavy atom. The van der Waals surface area contributed by atoms with Crippen LogP contribution in [-0.4, -0.2) is 24.5 Å². The van der Waals surface area contributed by atoms with Crippen molar-refractivity contribution in [3.63, 3.8) is 0 Å². The van der Waals surface area contributed by atoms with Crippen LogP contribution in [0.15, 0.2) is 78.9 Å². The molecule has 0 aliphatic carbocycles. The minimum atomic E-state index is -2.53. The van der Waals surface area contributed by atoms with Gasteiger partial charge in [-0.2, -0.15) is 0 Å². The Morgan fingerprint density at radius 2 is 1.47 bits per heavy atom. The number of hydrogen-bond donors (Lipinski definition) is 2. The number of rotatable bonds is 10. The van der Waals surface area contributed by atoms with E-state index in [1.54, 1.807) is 6.07 Å². The zero-order chi connectivity index (χ0) is 21.4. The van der Waals surface area contributed by atoms with Crippen LogP contribution in [-0.2, 0) is 17.6 Å². The number of unbranched alkanes of at least 4 members (excludes halogenated alkanes) is 1. The molecule has 30 heavy (non-hydrogen) atoms. The maximum absolute atomic E-state index is 11.5. The van der Waals surface area contributed by atoms with Gasteiger partial charge in [0.1, 0.15) is 0 Å². The molecule has 3 aromatic rings. The Kier molecular flexibility index (Phi) is 7.57. The summed E-state index contributed by atoms with van der Waals surface area (Å²) in [5.74, 6) is -1.01. The van der Waals surface area contributed by atoms with Crippen LogP contribution in [0, 0.1) is 0 Å². The number of carbonyl (C=O) groups is 1. The molecule has 0 aliphatic rings. The fourth-order valence-corrected chi connectivity index (χ4v) is 7.92. The lowest BCUT2D eigenvalue weighted by Gasteiger charge is -2.33. The zero-order valence-electron chi connectivity index (χ0n) is 17.3. The number of aromatic carboxylic acids is 1. The molecule has 0 saturated carbocycles. The molecular formula is C25H28O4Si. The van der Waals surface area contributed by atoms with Crippen molar-refractivity contribution >= 4 is 24.7 Å². The summed E-state index contributed by atoms with van der Waals surface area (Å²) >= 11 is 0. The van der Waals surface area contributed by atoms with Gasteiger partial charge in [0.25, 0.3) is 8.32 Å². The second-order valence-corrected chi connectivity index (χ2v) is 11.1. The van der Waals surface area contributed by atoms with Gasteiger partial charge in [-0.3, -0.25) is 0 Å². The fourth-order valence-electron chi connectivity index (χ4n) is 3.80. The standard InChI is InChI=1S/C25H28O4Si/c1-2-3-14-30(23-10-6-4-7-11-23,24-12-8-5-9-13-24)29-19-21-15-20(18-26)16-22(17-21)25(27)28/h4-13,15-17,26H,2-3,14,18-19H2,1H3,(H,27,28). The Bertz CT molecular complexity index is 918. The average molecular weight is 421 g/mol. The van der Waals surface area contributed by atoms with Crippen LogP contribution in [0.25, 0.3) is 0 Å². The number of hydrogen-bond acceptors (Lipinski definition) is 3. The number of aliphatic hydroxyl groups excluding tert-OH is 1. The summed E-state index contributed by atoms with van der Waals surface area (Å²) in [5.41, 5.74) is 1.51. The van der Waals surface area contributed by atoms with Gasteiger partial charge in [-0.1, -0.05) is 86.5 Å². The zero-order valence-corrected chi connectivity index (χ0v) is 18.3. The van der Waals surface area contributed by atoms with Crippen molar-refractivity contribution in [2.45, 2.75) is 39.0 Å². The summed E-state index contributed by atoms with van der Waals surface area (Å²) in [6.45, 7) is 2.27. The Hall–Kier alpha value is -2.73. The van der Waals surface area contributed by atoms with E-state index < -0.39 is 14.3 Å². The summed E-state index contributed by atoms with van der Waals surface area (Å²) in [6, 6.07) is 26.7. The maximum Gasteiger partial charge on any atom is 0.335 e. The summed E-state index contributed by atoms with van der Waals surface area (Å²) in [6.07, 6.45) is 2.12. The van der Waals surface area contributed by atoms with Crippen molar-refractivity contribution < 1.29 is 19.4 Å². The van der Waals surface area contributed by atoms with Gasteiger partial charge < -0.3 is 14.6 Å². The van der Waals surface area contributed by atoms with Gasteiger partial charge in [0, 0.05) is 0 Å². The van der Waals surface area contributed by atoms with Crippen molar-refractivity contribution in [1.29, 1.82) is 0 Å². The van der Waals surface area contributed by atoms with Crippen molar-refractivity contribution in [1.82, 2.24) is 0 Å². The van der Waals surface area contributed by atoms with E-state index >= 15 is 0 Å². The first-order valence-electron chi connectivity index (χ1n) is 10.3. The second-order valence-electron chi connectivity index (χ2n) is 7.45. The van der Waals surface area contributed by atoms with E-state index in [0.29, 0.717) is 12.2 Å². The van der Waals surface area contributed by atoms with Crippen molar-refractivity contribution in [3.05, 3.63) is 95.6 Å². The highest BCUT2D eigenvalue weighted by atomic mass is 28.4. The van der Waals surface area contributed by atoms with Gasteiger partial charge in [0.2, 0.25) is 0 Å². The van der Waals surface area contributed by atoms with E-state index in [9.17, 15) is 15.0 Å². The van der Waals surface area contributed by atoms with Crippen LogP contribution in [0.5, 0.6) is 0 Å². The summed E-state index contributed by atoms with van der Waals surface area (Å²) in [5, 5.41) is 21.4. The van der Waals surface area contributed by atoms with Crippen LogP contribution in [0.2, 0.25) is 6.04 Å². The minimum absolute atomic E-state index is 0.167. The minimum Gasteiger partial charge on any atom is -0.478 e. The summed E-state index contributed by atoms with van der Waals surface area (Å²) < 4.78 is 6.79. The third kappa shape index (κ3) is 5.05. The van der Waals surface area contributed by atoms with E-state index in [4.69, 9.17) is 4.43 Å². The Balaban J connectivity index is 2.03. The molecule has 0 radical (unpaired) electrons. The van der Waals surface area contributed by atoms with Crippen molar-refractivity contribution in [2.75, 3.05) is 0 Å². The lowest BCUT2D eigenvalue weighted by molar-refractivity contribution is 0.0696. The van der Waals surface area contributed by atoms with E-state index in [0.717, 1.165) is 24.4 Å². The molecule has 0 saturated heterocycles. The SMILES string of the molecule is CCCC[Si](OCc1cc(CO)cc(C(=O)O)c1)(c1ccccc1)c1ccccc1. The van der Waals surface area contributed by atoms with Crippen LogP contribution in [0.4, 0.5) is 0 Å². The molecule has 3 rings (SSSR count). The van der Waals surface area contributed by atoms with Gasteiger partial charge in [0.05, 0.1) is 18.8 Å². The van der Waals surface area contributed by atoms with E-state index in [1.165, 1.54) is 16.4 Å². The number of benzene rings is 3. The highest BCUT2D eigenvalue weighted by Crippen LogP contribution is 2.20. The molecule has 156 valence electrons. The topological polar surface area (TPSA) is 66.8 Å². The lowest BCUT2D eigenvalue weighted by Crippen LogP contribution is -2.60. The normalized spacial score (nSPS) is 11.4. The molecule has 0 aliphatic heterocycles. The predicted molar refractivity (Wildman–Crippen MR) is 122 cm³/mol. The number of aliphatic hydroxyl groups is 1. The third-order valence-electron chi connectivity index (χ3n) is 5.33. The molecular weight excluding hydrogens is 392 g/mol. The first kappa shape index (κ1) is 22.0.